The van der Waals surface area contributed by atoms with Crippen LogP contribution >= 0.6 is 11.3 Å². The van der Waals surface area contributed by atoms with Gasteiger partial charge in [-0.05, 0) is 30.5 Å². The number of anilines is 1. The largest absolute Gasteiger partial charge is 0.378 e. The first kappa shape index (κ1) is 9.21. The molecule has 3 heteroatoms. The van der Waals surface area contributed by atoms with E-state index in [0.29, 0.717) is 6.04 Å². The summed E-state index contributed by atoms with van der Waals surface area (Å²) in [5.74, 6) is 0. The summed E-state index contributed by atoms with van der Waals surface area (Å²) in [6.45, 7) is 2.16. The Morgan fingerprint density at radius 2 is 2.07 bits per heavy atom. The van der Waals surface area contributed by atoms with E-state index < -0.39 is 0 Å². The van der Waals surface area contributed by atoms with Crippen molar-refractivity contribution in [2.75, 3.05) is 5.32 Å². The van der Waals surface area contributed by atoms with Crippen molar-refractivity contribution < 1.29 is 0 Å². The molecule has 14 heavy (non-hydrogen) atoms. The second kappa shape index (κ2) is 4.24. The minimum atomic E-state index is 0.359. The molecule has 2 rings (SSSR count). The lowest BCUT2D eigenvalue weighted by Gasteiger charge is -2.12. The maximum Gasteiger partial charge on any atom is 0.0578 e. The summed E-state index contributed by atoms with van der Waals surface area (Å²) in [5.41, 5.74) is 1.11. The summed E-state index contributed by atoms with van der Waals surface area (Å²) in [5, 5.41) is 5.51. The van der Waals surface area contributed by atoms with Crippen molar-refractivity contribution in [1.29, 1.82) is 0 Å². The van der Waals surface area contributed by atoms with E-state index in [0.717, 1.165) is 5.69 Å². The molecule has 0 unspecified atom stereocenters. The Morgan fingerprint density at radius 3 is 2.71 bits per heavy atom. The van der Waals surface area contributed by atoms with Crippen molar-refractivity contribution >= 4 is 17.0 Å². The first-order chi connectivity index (χ1) is 6.86. The van der Waals surface area contributed by atoms with E-state index in [1.54, 1.807) is 23.7 Å². The highest BCUT2D eigenvalue weighted by Crippen LogP contribution is 2.22. The number of hydrogen-bond acceptors (Lipinski definition) is 3. The van der Waals surface area contributed by atoms with Crippen LogP contribution in [-0.2, 0) is 0 Å². The summed E-state index contributed by atoms with van der Waals surface area (Å²) >= 11 is 1.77. The van der Waals surface area contributed by atoms with Gasteiger partial charge in [-0.15, -0.1) is 11.3 Å². The Hall–Kier alpha value is -1.35. The molecule has 72 valence electrons. The topological polar surface area (TPSA) is 24.9 Å². The minimum Gasteiger partial charge on any atom is -0.378 e. The van der Waals surface area contributed by atoms with Gasteiger partial charge in [-0.25, -0.2) is 0 Å². The van der Waals surface area contributed by atoms with Crippen LogP contribution in [0.2, 0.25) is 0 Å². The third-order valence-corrected chi connectivity index (χ3v) is 3.09. The van der Waals surface area contributed by atoms with Crippen molar-refractivity contribution in [2.24, 2.45) is 0 Å². The second-order valence-electron chi connectivity index (χ2n) is 3.12. The van der Waals surface area contributed by atoms with Gasteiger partial charge < -0.3 is 5.32 Å². The molecule has 0 aromatic carbocycles. The summed E-state index contributed by atoms with van der Waals surface area (Å²) in [6.07, 6.45) is 3.59. The van der Waals surface area contributed by atoms with E-state index in [1.807, 2.05) is 12.1 Å². The molecule has 0 radical (unpaired) electrons. The molecule has 0 aliphatic heterocycles. The summed E-state index contributed by atoms with van der Waals surface area (Å²) in [4.78, 5) is 5.33. The highest BCUT2D eigenvalue weighted by Gasteiger charge is 2.04. The monoisotopic (exact) mass is 204 g/mol. The number of nitrogens with one attached hydrogen (secondary N) is 1. The molecule has 1 atom stereocenters. The minimum absolute atomic E-state index is 0.359. The quantitative estimate of drug-likeness (QED) is 0.829. The van der Waals surface area contributed by atoms with Gasteiger partial charge in [0.25, 0.3) is 0 Å². The standard InChI is InChI=1S/C11H12N2S/c1-9(11-3-2-8-14-11)13-10-4-6-12-7-5-10/h2-9H,1H3,(H,12,13)/t9-/m1/s1. The van der Waals surface area contributed by atoms with Gasteiger partial charge >= 0.3 is 0 Å². The summed E-state index contributed by atoms with van der Waals surface area (Å²) < 4.78 is 0. The van der Waals surface area contributed by atoms with Crippen molar-refractivity contribution in [3.05, 3.63) is 46.9 Å². The van der Waals surface area contributed by atoms with Gasteiger partial charge in [0, 0.05) is 23.0 Å². The zero-order valence-corrected chi connectivity index (χ0v) is 8.79. The Labute approximate surface area is 87.6 Å². The lowest BCUT2D eigenvalue weighted by atomic mass is 10.2. The predicted octanol–water partition coefficient (Wildman–Crippen LogP) is 3.32. The lowest BCUT2D eigenvalue weighted by molar-refractivity contribution is 0.907. The zero-order valence-electron chi connectivity index (χ0n) is 7.97. The van der Waals surface area contributed by atoms with Crippen molar-refractivity contribution in [1.82, 2.24) is 4.98 Å². The molecule has 0 fully saturated rings. The number of pyridine rings is 1. The van der Waals surface area contributed by atoms with Gasteiger partial charge in [0.15, 0.2) is 0 Å². The molecule has 0 bridgehead atoms. The number of rotatable bonds is 3. The summed E-state index contributed by atoms with van der Waals surface area (Å²) in [6, 6.07) is 8.53. The molecule has 0 spiro atoms. The maximum absolute atomic E-state index is 3.98. The lowest BCUT2D eigenvalue weighted by Crippen LogP contribution is -2.04. The molecule has 2 heterocycles. The van der Waals surface area contributed by atoms with Gasteiger partial charge in [0.2, 0.25) is 0 Å². The summed E-state index contributed by atoms with van der Waals surface area (Å²) in [7, 11) is 0. The van der Waals surface area contributed by atoms with E-state index in [-0.39, 0.29) is 0 Å². The highest BCUT2D eigenvalue weighted by atomic mass is 32.1. The zero-order chi connectivity index (χ0) is 9.80. The fourth-order valence-electron chi connectivity index (χ4n) is 1.31. The van der Waals surface area contributed by atoms with Gasteiger partial charge in [-0.1, -0.05) is 6.07 Å². The fourth-order valence-corrected chi connectivity index (χ4v) is 2.04. The average molecular weight is 204 g/mol. The van der Waals surface area contributed by atoms with Crippen molar-refractivity contribution in [2.45, 2.75) is 13.0 Å². The molecule has 0 aliphatic rings. The van der Waals surface area contributed by atoms with E-state index in [4.69, 9.17) is 0 Å². The van der Waals surface area contributed by atoms with E-state index in [2.05, 4.69) is 34.7 Å². The molecule has 0 aliphatic carbocycles. The Morgan fingerprint density at radius 1 is 1.29 bits per heavy atom. The Balaban J connectivity index is 2.06. The highest BCUT2D eigenvalue weighted by molar-refractivity contribution is 7.10. The number of thiophene rings is 1. The maximum atomic E-state index is 3.98. The van der Waals surface area contributed by atoms with Crippen molar-refractivity contribution in [3.8, 4) is 0 Å². The normalized spacial score (nSPS) is 12.4. The molecule has 2 aromatic rings. The second-order valence-corrected chi connectivity index (χ2v) is 4.10. The first-order valence-electron chi connectivity index (χ1n) is 4.56. The van der Waals surface area contributed by atoms with Gasteiger partial charge in [0.1, 0.15) is 0 Å². The number of hydrogen-bond donors (Lipinski definition) is 1. The van der Waals surface area contributed by atoms with Crippen LogP contribution in [0.25, 0.3) is 0 Å². The van der Waals surface area contributed by atoms with Crippen LogP contribution in [0.4, 0.5) is 5.69 Å². The number of aromatic nitrogens is 1. The predicted molar refractivity (Wildman–Crippen MR) is 60.6 cm³/mol. The molecule has 2 nitrogen and oxygen atoms in total. The van der Waals surface area contributed by atoms with Gasteiger partial charge in [-0.3, -0.25) is 4.98 Å². The molecule has 1 N–H and O–H groups in total. The third kappa shape index (κ3) is 2.12. The molecular formula is C11H12N2S. The van der Waals surface area contributed by atoms with E-state index in [1.165, 1.54) is 4.88 Å². The van der Waals surface area contributed by atoms with Gasteiger partial charge in [0.05, 0.1) is 6.04 Å². The molecular weight excluding hydrogens is 192 g/mol. The SMILES string of the molecule is C[C@@H](Nc1ccncc1)c1cccs1. The smallest absolute Gasteiger partial charge is 0.0578 e. The van der Waals surface area contributed by atoms with Crippen molar-refractivity contribution in [3.63, 3.8) is 0 Å². The van der Waals surface area contributed by atoms with E-state index in [9.17, 15) is 0 Å². The Bertz CT molecular complexity index is 369. The van der Waals surface area contributed by atoms with Crippen LogP contribution < -0.4 is 5.32 Å². The third-order valence-electron chi connectivity index (χ3n) is 2.03. The molecule has 0 amide bonds. The average Bonchev–Trinajstić information content (AvgIpc) is 2.72. The van der Waals surface area contributed by atoms with Gasteiger partial charge in [-0.2, -0.15) is 0 Å². The van der Waals surface area contributed by atoms with E-state index >= 15 is 0 Å². The van der Waals surface area contributed by atoms with Crippen LogP contribution in [0.15, 0.2) is 42.0 Å². The van der Waals surface area contributed by atoms with Crippen LogP contribution in [0, 0.1) is 0 Å². The van der Waals surface area contributed by atoms with Crippen LogP contribution in [0.3, 0.4) is 0 Å². The first-order valence-corrected chi connectivity index (χ1v) is 5.44. The molecule has 2 aromatic heterocycles. The van der Waals surface area contributed by atoms with Crippen LogP contribution in [-0.4, -0.2) is 4.98 Å². The Kier molecular flexibility index (Phi) is 2.79. The van der Waals surface area contributed by atoms with Crippen LogP contribution in [0.1, 0.15) is 17.8 Å². The van der Waals surface area contributed by atoms with Crippen LogP contribution in [0.5, 0.6) is 0 Å². The molecule has 0 saturated carbocycles. The molecule has 0 saturated heterocycles. The number of nitrogens with zero attached hydrogens (tertiary/aromatic N) is 1. The fraction of sp³-hybridized carbons (Fsp3) is 0.182.